The topological polar surface area (TPSA) is 122 Å². The predicted octanol–water partition coefficient (Wildman–Crippen LogP) is 1.52. The third kappa shape index (κ3) is 4.42. The number of primary amides is 1. The summed E-state index contributed by atoms with van der Waals surface area (Å²) in [6, 6.07) is 0.392. The van der Waals surface area contributed by atoms with E-state index in [1.807, 2.05) is 0 Å². The van der Waals surface area contributed by atoms with Gasteiger partial charge < -0.3 is 26.2 Å². The number of ether oxygens (including phenoxy) is 1. The minimum Gasteiger partial charge on any atom is -0.396 e. The van der Waals surface area contributed by atoms with E-state index in [0.29, 0.717) is 23.9 Å². The Hall–Kier alpha value is -1.93. The van der Waals surface area contributed by atoms with Gasteiger partial charge in [0, 0.05) is 37.9 Å². The molecule has 1 aromatic heterocycles. The van der Waals surface area contributed by atoms with E-state index in [2.05, 4.69) is 20.6 Å². The fourth-order valence-electron chi connectivity index (χ4n) is 3.99. The standard InChI is InChI=1S/C18H29N5O3/c1-26-13-7-5-12(6-8-13)21-18-20-9-14(16(19)25)17(23-18)22-15-4-2-3-11(15)10-24/h9,11-13,15,24H,2-8,10H2,1H3,(H2,19,25)(H2,20,21,22,23)/t11-,12?,13?,15-/m0/s1. The van der Waals surface area contributed by atoms with Gasteiger partial charge in [0.2, 0.25) is 5.95 Å². The molecule has 1 amide bonds. The number of aromatic nitrogens is 2. The van der Waals surface area contributed by atoms with Crippen molar-refractivity contribution >= 4 is 17.7 Å². The molecular formula is C18H29N5O3. The summed E-state index contributed by atoms with van der Waals surface area (Å²) in [6.45, 7) is 0.127. The lowest BCUT2D eigenvalue weighted by Crippen LogP contribution is -2.31. The third-order valence-electron chi connectivity index (χ3n) is 5.61. The van der Waals surface area contributed by atoms with Gasteiger partial charge in [-0.15, -0.1) is 0 Å². The SMILES string of the molecule is COC1CCC(Nc2ncc(C(N)=O)c(N[C@H]3CCC[C@H]3CO)n2)CC1. The van der Waals surface area contributed by atoms with E-state index in [9.17, 15) is 9.90 Å². The second-order valence-corrected chi connectivity index (χ2v) is 7.30. The largest absolute Gasteiger partial charge is 0.396 e. The highest BCUT2D eigenvalue weighted by molar-refractivity contribution is 5.97. The van der Waals surface area contributed by atoms with Crippen molar-refractivity contribution in [1.82, 2.24) is 9.97 Å². The molecule has 8 nitrogen and oxygen atoms in total. The van der Waals surface area contributed by atoms with Crippen molar-refractivity contribution in [2.45, 2.75) is 63.1 Å². The van der Waals surface area contributed by atoms with E-state index >= 15 is 0 Å². The summed E-state index contributed by atoms with van der Waals surface area (Å²) >= 11 is 0. The van der Waals surface area contributed by atoms with E-state index in [-0.39, 0.29) is 24.1 Å². The van der Waals surface area contributed by atoms with Crippen LogP contribution in [-0.4, -0.2) is 52.9 Å². The number of carbonyl (C=O) groups is 1. The van der Waals surface area contributed by atoms with Gasteiger partial charge in [0.05, 0.1) is 11.7 Å². The second kappa shape index (κ2) is 8.64. The first-order valence-electron chi connectivity index (χ1n) is 9.44. The molecule has 0 aromatic carbocycles. The molecule has 3 rings (SSSR count). The van der Waals surface area contributed by atoms with E-state index in [1.165, 1.54) is 6.20 Å². The number of rotatable bonds is 7. The molecule has 0 unspecified atom stereocenters. The molecule has 2 saturated carbocycles. The molecule has 1 aromatic rings. The Bertz CT molecular complexity index is 619. The number of methoxy groups -OCH3 is 1. The first-order valence-corrected chi connectivity index (χ1v) is 9.44. The quantitative estimate of drug-likeness (QED) is 0.579. The summed E-state index contributed by atoms with van der Waals surface area (Å²) in [4.78, 5) is 20.5. The minimum atomic E-state index is -0.557. The molecule has 0 aliphatic heterocycles. The Balaban J connectivity index is 1.71. The number of aliphatic hydroxyl groups is 1. The normalized spacial score (nSPS) is 28.7. The van der Waals surface area contributed by atoms with Gasteiger partial charge in [-0.05, 0) is 38.5 Å². The summed E-state index contributed by atoms with van der Waals surface area (Å²) in [7, 11) is 1.75. The average Bonchev–Trinajstić information content (AvgIpc) is 3.09. The molecular weight excluding hydrogens is 334 g/mol. The molecule has 2 fully saturated rings. The lowest BCUT2D eigenvalue weighted by molar-refractivity contribution is 0.0681. The van der Waals surface area contributed by atoms with Crippen LogP contribution in [-0.2, 0) is 4.74 Å². The van der Waals surface area contributed by atoms with Crippen LogP contribution < -0.4 is 16.4 Å². The molecule has 8 heteroatoms. The zero-order valence-corrected chi connectivity index (χ0v) is 15.3. The predicted molar refractivity (Wildman–Crippen MR) is 99.1 cm³/mol. The zero-order chi connectivity index (χ0) is 18.5. The Morgan fingerprint density at radius 2 is 2.04 bits per heavy atom. The highest BCUT2D eigenvalue weighted by Crippen LogP contribution is 2.29. The Labute approximate surface area is 153 Å². The number of nitrogens with zero attached hydrogens (tertiary/aromatic N) is 2. The van der Waals surface area contributed by atoms with Crippen LogP contribution in [0.25, 0.3) is 0 Å². The fourth-order valence-corrected chi connectivity index (χ4v) is 3.99. The van der Waals surface area contributed by atoms with Crippen LogP contribution in [0.3, 0.4) is 0 Å². The van der Waals surface area contributed by atoms with Gasteiger partial charge in [0.25, 0.3) is 5.91 Å². The highest BCUT2D eigenvalue weighted by Gasteiger charge is 2.28. The number of anilines is 2. The van der Waals surface area contributed by atoms with Crippen molar-refractivity contribution in [1.29, 1.82) is 0 Å². The van der Waals surface area contributed by atoms with Crippen molar-refractivity contribution in [2.75, 3.05) is 24.4 Å². The molecule has 0 radical (unpaired) electrons. The second-order valence-electron chi connectivity index (χ2n) is 7.30. The van der Waals surface area contributed by atoms with Gasteiger partial charge in [0.15, 0.2) is 0 Å². The number of amides is 1. The van der Waals surface area contributed by atoms with Crippen molar-refractivity contribution < 1.29 is 14.6 Å². The van der Waals surface area contributed by atoms with Gasteiger partial charge in [-0.2, -0.15) is 4.98 Å². The summed E-state index contributed by atoms with van der Waals surface area (Å²) in [5.74, 6) is 0.562. The molecule has 26 heavy (non-hydrogen) atoms. The fraction of sp³-hybridized carbons (Fsp3) is 0.722. The molecule has 5 N–H and O–H groups in total. The Morgan fingerprint density at radius 1 is 1.27 bits per heavy atom. The lowest BCUT2D eigenvalue weighted by Gasteiger charge is -2.28. The average molecular weight is 363 g/mol. The zero-order valence-electron chi connectivity index (χ0n) is 15.3. The minimum absolute atomic E-state index is 0.0954. The van der Waals surface area contributed by atoms with Crippen molar-refractivity contribution in [3.8, 4) is 0 Å². The molecule has 0 saturated heterocycles. The molecule has 1 heterocycles. The van der Waals surface area contributed by atoms with Gasteiger partial charge in [-0.25, -0.2) is 4.98 Å². The number of aliphatic hydroxyl groups excluding tert-OH is 1. The van der Waals surface area contributed by atoms with Crippen LogP contribution in [0.15, 0.2) is 6.20 Å². The van der Waals surface area contributed by atoms with Crippen LogP contribution in [0.1, 0.15) is 55.3 Å². The Kier molecular flexibility index (Phi) is 6.26. The third-order valence-corrected chi connectivity index (χ3v) is 5.61. The van der Waals surface area contributed by atoms with Gasteiger partial charge >= 0.3 is 0 Å². The summed E-state index contributed by atoms with van der Waals surface area (Å²) in [6.07, 6.45) is 8.79. The van der Waals surface area contributed by atoms with Gasteiger partial charge in [-0.1, -0.05) is 6.42 Å². The monoisotopic (exact) mass is 363 g/mol. The maximum atomic E-state index is 11.7. The highest BCUT2D eigenvalue weighted by atomic mass is 16.5. The number of hydrogen-bond acceptors (Lipinski definition) is 7. The van der Waals surface area contributed by atoms with Gasteiger partial charge in [0.1, 0.15) is 5.82 Å². The smallest absolute Gasteiger partial charge is 0.254 e. The van der Waals surface area contributed by atoms with Crippen LogP contribution in [0.5, 0.6) is 0 Å². The van der Waals surface area contributed by atoms with Crippen molar-refractivity contribution in [3.63, 3.8) is 0 Å². The molecule has 0 bridgehead atoms. The molecule has 0 spiro atoms. The van der Waals surface area contributed by atoms with E-state index < -0.39 is 5.91 Å². The first kappa shape index (κ1) is 18.8. The maximum Gasteiger partial charge on any atom is 0.254 e. The summed E-state index contributed by atoms with van der Waals surface area (Å²) in [5.41, 5.74) is 5.76. The Morgan fingerprint density at radius 3 is 2.69 bits per heavy atom. The van der Waals surface area contributed by atoms with Crippen LogP contribution >= 0.6 is 0 Å². The van der Waals surface area contributed by atoms with Crippen molar-refractivity contribution in [3.05, 3.63) is 11.8 Å². The van der Waals surface area contributed by atoms with E-state index in [0.717, 1.165) is 44.9 Å². The summed E-state index contributed by atoms with van der Waals surface area (Å²) < 4.78 is 5.41. The molecule has 2 aliphatic rings. The van der Waals surface area contributed by atoms with Crippen LogP contribution in [0, 0.1) is 5.92 Å². The maximum absolute atomic E-state index is 11.7. The van der Waals surface area contributed by atoms with E-state index in [4.69, 9.17) is 10.5 Å². The lowest BCUT2D eigenvalue weighted by atomic mass is 9.93. The molecule has 144 valence electrons. The molecule has 2 atom stereocenters. The first-order chi connectivity index (χ1) is 12.6. The number of nitrogens with one attached hydrogen (secondary N) is 2. The number of hydrogen-bond donors (Lipinski definition) is 4. The number of nitrogens with two attached hydrogens (primary N) is 1. The van der Waals surface area contributed by atoms with Gasteiger partial charge in [-0.3, -0.25) is 4.79 Å². The number of carbonyl (C=O) groups excluding carboxylic acids is 1. The van der Waals surface area contributed by atoms with Crippen molar-refractivity contribution in [2.24, 2.45) is 11.7 Å². The van der Waals surface area contributed by atoms with Crippen LogP contribution in [0.4, 0.5) is 11.8 Å². The molecule has 2 aliphatic carbocycles. The van der Waals surface area contributed by atoms with Crippen LogP contribution in [0.2, 0.25) is 0 Å². The summed E-state index contributed by atoms with van der Waals surface area (Å²) in [5, 5.41) is 16.2. The van der Waals surface area contributed by atoms with E-state index in [1.54, 1.807) is 7.11 Å².